The summed E-state index contributed by atoms with van der Waals surface area (Å²) < 4.78 is 30.1. The van der Waals surface area contributed by atoms with Crippen molar-refractivity contribution in [1.29, 1.82) is 5.26 Å². The standard InChI is InChI=1S/C11H12N2O3S/c1-17(14,15)13-9-3-2-8(7-12)11(6-9)16-10-4-5-10/h2-3,6,10,13H,4-5H2,1H3. The number of hydrogen-bond acceptors (Lipinski definition) is 4. The number of nitrogens with zero attached hydrogens (tertiary/aromatic N) is 1. The van der Waals surface area contributed by atoms with Gasteiger partial charge in [-0.05, 0) is 25.0 Å². The molecule has 0 saturated heterocycles. The fourth-order valence-corrected chi connectivity index (χ4v) is 1.91. The summed E-state index contributed by atoms with van der Waals surface area (Å²) in [6.07, 6.45) is 3.20. The summed E-state index contributed by atoms with van der Waals surface area (Å²) in [5.41, 5.74) is 0.818. The minimum Gasteiger partial charge on any atom is -0.489 e. The molecule has 0 atom stereocenters. The van der Waals surface area contributed by atoms with Crippen molar-refractivity contribution in [1.82, 2.24) is 0 Å². The van der Waals surface area contributed by atoms with Gasteiger partial charge in [-0.15, -0.1) is 0 Å². The normalized spacial score (nSPS) is 15.1. The Morgan fingerprint density at radius 1 is 1.47 bits per heavy atom. The average molecular weight is 252 g/mol. The van der Waals surface area contributed by atoms with E-state index in [-0.39, 0.29) is 6.10 Å². The van der Waals surface area contributed by atoms with E-state index < -0.39 is 10.0 Å². The number of nitrogens with one attached hydrogen (secondary N) is 1. The third-order valence-electron chi connectivity index (χ3n) is 2.22. The fraction of sp³-hybridized carbons (Fsp3) is 0.364. The Morgan fingerprint density at radius 3 is 2.71 bits per heavy atom. The molecule has 0 unspecified atom stereocenters. The molecule has 5 nitrogen and oxygen atoms in total. The van der Waals surface area contributed by atoms with Gasteiger partial charge in [0.2, 0.25) is 10.0 Å². The third kappa shape index (κ3) is 3.36. The summed E-state index contributed by atoms with van der Waals surface area (Å²) >= 11 is 0. The van der Waals surface area contributed by atoms with E-state index in [4.69, 9.17) is 10.00 Å². The molecule has 90 valence electrons. The second kappa shape index (κ2) is 4.26. The van der Waals surface area contributed by atoms with Crippen LogP contribution in [0.25, 0.3) is 0 Å². The lowest BCUT2D eigenvalue weighted by molar-refractivity contribution is 0.302. The summed E-state index contributed by atoms with van der Waals surface area (Å²) in [6, 6.07) is 6.64. The molecule has 0 aliphatic heterocycles. The molecule has 17 heavy (non-hydrogen) atoms. The zero-order valence-electron chi connectivity index (χ0n) is 9.30. The van der Waals surface area contributed by atoms with Crippen LogP contribution in [-0.4, -0.2) is 20.8 Å². The van der Waals surface area contributed by atoms with Crippen LogP contribution in [-0.2, 0) is 10.0 Å². The highest BCUT2D eigenvalue weighted by Gasteiger charge is 2.24. The van der Waals surface area contributed by atoms with Crippen molar-refractivity contribution in [3.05, 3.63) is 23.8 Å². The number of sulfonamides is 1. The zero-order valence-corrected chi connectivity index (χ0v) is 10.1. The van der Waals surface area contributed by atoms with E-state index in [2.05, 4.69) is 4.72 Å². The molecule has 0 aromatic heterocycles. The van der Waals surface area contributed by atoms with E-state index in [1.165, 1.54) is 6.07 Å². The van der Waals surface area contributed by atoms with Crippen molar-refractivity contribution < 1.29 is 13.2 Å². The molecule has 0 bridgehead atoms. The maximum absolute atomic E-state index is 11.1. The van der Waals surface area contributed by atoms with E-state index in [9.17, 15) is 8.42 Å². The number of nitriles is 1. The average Bonchev–Trinajstić information content (AvgIpc) is 3.00. The van der Waals surface area contributed by atoms with E-state index in [0.29, 0.717) is 17.0 Å². The Morgan fingerprint density at radius 2 is 2.18 bits per heavy atom. The second-order valence-electron chi connectivity index (χ2n) is 4.01. The van der Waals surface area contributed by atoms with Gasteiger partial charge in [0, 0.05) is 6.07 Å². The first kappa shape index (κ1) is 11.7. The number of benzene rings is 1. The molecule has 1 aromatic carbocycles. The van der Waals surface area contributed by atoms with Crippen molar-refractivity contribution >= 4 is 15.7 Å². The molecule has 0 heterocycles. The maximum Gasteiger partial charge on any atom is 0.229 e. The summed E-state index contributed by atoms with van der Waals surface area (Å²) in [5, 5.41) is 8.91. The number of hydrogen-bond donors (Lipinski definition) is 1. The molecule has 1 aliphatic carbocycles. The molecule has 0 radical (unpaired) electrons. The van der Waals surface area contributed by atoms with Gasteiger partial charge in [0.15, 0.2) is 0 Å². The van der Waals surface area contributed by atoms with Crippen LogP contribution in [0.2, 0.25) is 0 Å². The van der Waals surface area contributed by atoms with Crippen LogP contribution in [0.4, 0.5) is 5.69 Å². The van der Waals surface area contributed by atoms with Crippen LogP contribution < -0.4 is 9.46 Å². The van der Waals surface area contributed by atoms with Crippen LogP contribution in [0, 0.1) is 11.3 Å². The lowest BCUT2D eigenvalue weighted by Crippen LogP contribution is -2.10. The quantitative estimate of drug-likeness (QED) is 0.880. The fourth-order valence-electron chi connectivity index (χ4n) is 1.36. The Balaban J connectivity index is 2.27. The number of anilines is 1. The highest BCUT2D eigenvalue weighted by molar-refractivity contribution is 7.92. The summed E-state index contributed by atoms with van der Waals surface area (Å²) in [6.45, 7) is 0. The molecule has 0 amide bonds. The first-order valence-corrected chi connectivity index (χ1v) is 7.06. The molecule has 1 aromatic rings. The van der Waals surface area contributed by atoms with E-state index in [0.717, 1.165) is 19.1 Å². The first-order valence-electron chi connectivity index (χ1n) is 5.16. The van der Waals surface area contributed by atoms with Gasteiger partial charge in [0.25, 0.3) is 0 Å². The molecular formula is C11H12N2O3S. The molecule has 0 spiro atoms. The van der Waals surface area contributed by atoms with Crippen molar-refractivity contribution in [2.45, 2.75) is 18.9 Å². The molecule has 1 saturated carbocycles. The smallest absolute Gasteiger partial charge is 0.229 e. The summed E-state index contributed by atoms with van der Waals surface area (Å²) in [7, 11) is -3.31. The predicted molar refractivity (Wildman–Crippen MR) is 63.3 cm³/mol. The third-order valence-corrected chi connectivity index (χ3v) is 2.83. The van der Waals surface area contributed by atoms with Gasteiger partial charge in [-0.1, -0.05) is 0 Å². The maximum atomic E-state index is 11.1. The molecule has 1 N–H and O–H groups in total. The highest BCUT2D eigenvalue weighted by Crippen LogP contribution is 2.31. The van der Waals surface area contributed by atoms with Crippen molar-refractivity contribution in [2.75, 3.05) is 11.0 Å². The number of rotatable bonds is 4. The monoisotopic (exact) mass is 252 g/mol. The topological polar surface area (TPSA) is 79.2 Å². The SMILES string of the molecule is CS(=O)(=O)Nc1ccc(C#N)c(OC2CC2)c1. The van der Waals surface area contributed by atoms with Crippen LogP contribution in [0.15, 0.2) is 18.2 Å². The van der Waals surface area contributed by atoms with Crippen molar-refractivity contribution in [3.63, 3.8) is 0 Å². The van der Waals surface area contributed by atoms with E-state index in [1.807, 2.05) is 6.07 Å². The van der Waals surface area contributed by atoms with Gasteiger partial charge in [0.1, 0.15) is 11.8 Å². The predicted octanol–water partition coefficient (Wildman–Crippen LogP) is 1.47. The van der Waals surface area contributed by atoms with Gasteiger partial charge in [-0.3, -0.25) is 4.72 Å². The molecule has 1 fully saturated rings. The van der Waals surface area contributed by atoms with Gasteiger partial charge in [-0.2, -0.15) is 5.26 Å². The molecular weight excluding hydrogens is 240 g/mol. The van der Waals surface area contributed by atoms with Crippen molar-refractivity contribution in [3.8, 4) is 11.8 Å². The Labute approximate surface area is 100 Å². The van der Waals surface area contributed by atoms with Crippen LogP contribution in [0.3, 0.4) is 0 Å². The minimum absolute atomic E-state index is 0.163. The van der Waals surface area contributed by atoms with Crippen LogP contribution in [0.1, 0.15) is 18.4 Å². The molecule has 1 aliphatic rings. The largest absolute Gasteiger partial charge is 0.489 e. The van der Waals surface area contributed by atoms with Gasteiger partial charge in [-0.25, -0.2) is 8.42 Å². The lowest BCUT2D eigenvalue weighted by atomic mass is 10.2. The van der Waals surface area contributed by atoms with Crippen LogP contribution >= 0.6 is 0 Å². The zero-order chi connectivity index (χ0) is 12.5. The lowest BCUT2D eigenvalue weighted by Gasteiger charge is -2.09. The second-order valence-corrected chi connectivity index (χ2v) is 5.76. The van der Waals surface area contributed by atoms with E-state index >= 15 is 0 Å². The van der Waals surface area contributed by atoms with Gasteiger partial charge >= 0.3 is 0 Å². The first-order chi connectivity index (χ1) is 7.98. The van der Waals surface area contributed by atoms with E-state index in [1.54, 1.807) is 12.1 Å². The highest BCUT2D eigenvalue weighted by atomic mass is 32.2. The van der Waals surface area contributed by atoms with Gasteiger partial charge < -0.3 is 4.74 Å². The Kier molecular flexibility index (Phi) is 2.94. The van der Waals surface area contributed by atoms with Crippen LogP contribution in [0.5, 0.6) is 5.75 Å². The summed E-state index contributed by atoms with van der Waals surface area (Å²) in [4.78, 5) is 0. The van der Waals surface area contributed by atoms with Crippen molar-refractivity contribution in [2.24, 2.45) is 0 Å². The summed E-state index contributed by atoms with van der Waals surface area (Å²) in [5.74, 6) is 0.434. The Bertz CT molecular complexity index is 571. The molecule has 6 heteroatoms. The number of ether oxygens (including phenoxy) is 1. The Hall–Kier alpha value is -1.74. The minimum atomic E-state index is -3.31. The molecule has 2 rings (SSSR count). The van der Waals surface area contributed by atoms with Gasteiger partial charge in [0.05, 0.1) is 23.6 Å².